The molecule has 0 saturated heterocycles. The zero-order valence-electron chi connectivity index (χ0n) is 9.11. The summed E-state index contributed by atoms with van der Waals surface area (Å²) in [6.07, 6.45) is 6.22. The summed E-state index contributed by atoms with van der Waals surface area (Å²) in [6, 6.07) is 0. The highest BCUT2D eigenvalue weighted by Gasteiger charge is 2.42. The average Bonchev–Trinajstić information content (AvgIpc) is 2.79. The van der Waals surface area contributed by atoms with Crippen LogP contribution < -0.4 is 0 Å². The van der Waals surface area contributed by atoms with Crippen LogP contribution in [0.4, 0.5) is 0 Å². The van der Waals surface area contributed by atoms with Crippen LogP contribution in [0.1, 0.15) is 39.0 Å². The van der Waals surface area contributed by atoms with Gasteiger partial charge in [-0.25, -0.2) is 0 Å². The van der Waals surface area contributed by atoms with E-state index in [4.69, 9.17) is 4.74 Å². The lowest BCUT2D eigenvalue weighted by molar-refractivity contribution is -0.00981. The molecule has 0 aliphatic heterocycles. The van der Waals surface area contributed by atoms with Crippen LogP contribution in [0, 0.1) is 17.8 Å². The lowest BCUT2D eigenvalue weighted by Crippen LogP contribution is -2.29. The molecule has 2 saturated carbocycles. The van der Waals surface area contributed by atoms with Crippen LogP contribution in [-0.4, -0.2) is 24.4 Å². The summed E-state index contributed by atoms with van der Waals surface area (Å²) in [5.74, 6) is 2.27. The third-order valence-electron chi connectivity index (χ3n) is 3.92. The second kappa shape index (κ2) is 4.63. The lowest BCUT2D eigenvalue weighted by Gasteiger charge is -2.26. The van der Waals surface area contributed by atoms with Crippen molar-refractivity contribution in [3.8, 4) is 0 Å². The fourth-order valence-corrected chi connectivity index (χ4v) is 3.24. The number of hydrogen-bond acceptors (Lipinski definition) is 2. The van der Waals surface area contributed by atoms with Gasteiger partial charge < -0.3 is 9.84 Å². The van der Waals surface area contributed by atoms with Crippen LogP contribution in [-0.2, 0) is 4.74 Å². The Bertz CT molecular complexity index is 181. The number of fused-ring (bicyclic) bond motifs is 2. The first kappa shape index (κ1) is 10.4. The van der Waals surface area contributed by atoms with E-state index in [-0.39, 0.29) is 6.10 Å². The summed E-state index contributed by atoms with van der Waals surface area (Å²) in [6.45, 7) is 3.45. The van der Waals surface area contributed by atoms with Crippen LogP contribution in [0.5, 0.6) is 0 Å². The lowest BCUT2D eigenvalue weighted by atomic mass is 9.85. The van der Waals surface area contributed by atoms with Gasteiger partial charge in [-0.3, -0.25) is 0 Å². The molecule has 2 nitrogen and oxygen atoms in total. The van der Waals surface area contributed by atoms with Gasteiger partial charge in [0.25, 0.3) is 0 Å². The first-order valence-electron chi connectivity index (χ1n) is 6.07. The predicted octanol–water partition coefficient (Wildman–Crippen LogP) is 2.21. The molecule has 4 unspecified atom stereocenters. The molecular weight excluding hydrogens is 176 g/mol. The summed E-state index contributed by atoms with van der Waals surface area (Å²) in [5, 5.41) is 9.97. The number of hydrogen-bond donors (Lipinski definition) is 1. The maximum absolute atomic E-state index is 9.97. The van der Waals surface area contributed by atoms with Crippen LogP contribution >= 0.6 is 0 Å². The van der Waals surface area contributed by atoms with Crippen molar-refractivity contribution >= 4 is 0 Å². The van der Waals surface area contributed by atoms with Gasteiger partial charge in [-0.2, -0.15) is 0 Å². The fourth-order valence-electron chi connectivity index (χ4n) is 3.24. The Morgan fingerprint density at radius 2 is 2.21 bits per heavy atom. The van der Waals surface area contributed by atoms with Gasteiger partial charge in [-0.05, 0) is 43.4 Å². The molecule has 2 fully saturated rings. The Morgan fingerprint density at radius 1 is 1.36 bits per heavy atom. The van der Waals surface area contributed by atoms with Gasteiger partial charge in [0.1, 0.15) is 0 Å². The van der Waals surface area contributed by atoms with Crippen LogP contribution in [0.25, 0.3) is 0 Å². The standard InChI is InChI=1S/C12H22O2/c1-2-5-14-8-12(13)11-7-9-3-4-10(11)6-9/h9-13H,2-8H2,1H3. The van der Waals surface area contributed by atoms with Crippen molar-refractivity contribution in [1.29, 1.82) is 0 Å². The van der Waals surface area contributed by atoms with Gasteiger partial charge in [0.15, 0.2) is 0 Å². The van der Waals surface area contributed by atoms with E-state index in [1.54, 1.807) is 0 Å². The summed E-state index contributed by atoms with van der Waals surface area (Å²) in [7, 11) is 0. The minimum absolute atomic E-state index is 0.197. The van der Waals surface area contributed by atoms with Gasteiger partial charge >= 0.3 is 0 Å². The van der Waals surface area contributed by atoms with Crippen molar-refractivity contribution in [3.63, 3.8) is 0 Å². The van der Waals surface area contributed by atoms with Gasteiger partial charge in [0, 0.05) is 6.61 Å². The maximum atomic E-state index is 9.97. The normalized spacial score (nSPS) is 37.7. The molecule has 0 aromatic heterocycles. The van der Waals surface area contributed by atoms with Crippen molar-refractivity contribution in [2.24, 2.45) is 17.8 Å². The molecule has 2 rings (SSSR count). The van der Waals surface area contributed by atoms with Crippen molar-refractivity contribution < 1.29 is 9.84 Å². The highest BCUT2D eigenvalue weighted by Crippen LogP contribution is 2.49. The smallest absolute Gasteiger partial charge is 0.0804 e. The van der Waals surface area contributed by atoms with Crippen molar-refractivity contribution in [2.75, 3.05) is 13.2 Å². The molecule has 2 aliphatic carbocycles. The number of aliphatic hydroxyl groups is 1. The predicted molar refractivity (Wildman–Crippen MR) is 56.1 cm³/mol. The third-order valence-corrected chi connectivity index (χ3v) is 3.92. The fraction of sp³-hybridized carbons (Fsp3) is 1.00. The van der Waals surface area contributed by atoms with Gasteiger partial charge in [0.2, 0.25) is 0 Å². The third kappa shape index (κ3) is 2.12. The zero-order valence-corrected chi connectivity index (χ0v) is 9.11. The van der Waals surface area contributed by atoms with Gasteiger partial charge in [0.05, 0.1) is 12.7 Å². The SMILES string of the molecule is CCCOCC(O)C1CC2CCC1C2. The van der Waals surface area contributed by atoms with E-state index in [2.05, 4.69) is 6.92 Å². The number of rotatable bonds is 5. The molecule has 82 valence electrons. The first-order valence-corrected chi connectivity index (χ1v) is 6.07. The number of aliphatic hydroxyl groups excluding tert-OH is 1. The zero-order chi connectivity index (χ0) is 9.97. The summed E-state index contributed by atoms with van der Waals surface area (Å²) < 4.78 is 5.41. The quantitative estimate of drug-likeness (QED) is 0.686. The molecule has 0 heterocycles. The molecule has 4 atom stereocenters. The van der Waals surface area contributed by atoms with Crippen molar-refractivity contribution in [3.05, 3.63) is 0 Å². The molecule has 2 aliphatic rings. The van der Waals surface area contributed by atoms with Gasteiger partial charge in [-0.1, -0.05) is 13.3 Å². The minimum atomic E-state index is -0.197. The van der Waals surface area contributed by atoms with Crippen LogP contribution in [0.3, 0.4) is 0 Å². The highest BCUT2D eigenvalue weighted by atomic mass is 16.5. The monoisotopic (exact) mass is 198 g/mol. The van der Waals surface area contributed by atoms with Crippen LogP contribution in [0.2, 0.25) is 0 Å². The minimum Gasteiger partial charge on any atom is -0.390 e. The molecule has 0 radical (unpaired) electrons. The molecule has 14 heavy (non-hydrogen) atoms. The summed E-state index contributed by atoms with van der Waals surface area (Å²) in [5.41, 5.74) is 0. The highest BCUT2D eigenvalue weighted by molar-refractivity contribution is 4.92. The largest absolute Gasteiger partial charge is 0.390 e. The van der Waals surface area contributed by atoms with E-state index in [9.17, 15) is 5.11 Å². The summed E-state index contributed by atoms with van der Waals surface area (Å²) >= 11 is 0. The van der Waals surface area contributed by atoms with Crippen molar-refractivity contribution in [2.45, 2.75) is 45.1 Å². The van der Waals surface area contributed by atoms with E-state index in [1.165, 1.54) is 25.7 Å². The Hall–Kier alpha value is -0.0800. The molecule has 0 amide bonds. The molecule has 1 N–H and O–H groups in total. The molecule has 0 aromatic rings. The van der Waals surface area contributed by atoms with E-state index in [0.29, 0.717) is 12.5 Å². The van der Waals surface area contributed by atoms with E-state index < -0.39 is 0 Å². The maximum Gasteiger partial charge on any atom is 0.0804 e. The second-order valence-electron chi connectivity index (χ2n) is 4.98. The van der Waals surface area contributed by atoms with E-state index >= 15 is 0 Å². The average molecular weight is 198 g/mol. The molecule has 2 bridgehead atoms. The Morgan fingerprint density at radius 3 is 2.79 bits per heavy atom. The summed E-state index contributed by atoms with van der Waals surface area (Å²) in [4.78, 5) is 0. The molecule has 2 heteroatoms. The van der Waals surface area contributed by atoms with Gasteiger partial charge in [-0.15, -0.1) is 0 Å². The Kier molecular flexibility index (Phi) is 3.45. The van der Waals surface area contributed by atoms with Crippen LogP contribution in [0.15, 0.2) is 0 Å². The molecular formula is C12H22O2. The topological polar surface area (TPSA) is 29.5 Å². The first-order chi connectivity index (χ1) is 6.81. The van der Waals surface area contributed by atoms with Crippen molar-refractivity contribution in [1.82, 2.24) is 0 Å². The van der Waals surface area contributed by atoms with E-state index in [1.807, 2.05) is 0 Å². The second-order valence-corrected chi connectivity index (χ2v) is 4.98. The van der Waals surface area contributed by atoms with E-state index in [0.717, 1.165) is 24.9 Å². The molecule has 0 aromatic carbocycles. The number of ether oxygens (including phenoxy) is 1. The Balaban J connectivity index is 1.72. The molecule has 0 spiro atoms. The Labute approximate surface area is 86.6 Å².